The van der Waals surface area contributed by atoms with Crippen LogP contribution in [0.3, 0.4) is 0 Å². The van der Waals surface area contributed by atoms with Crippen molar-refractivity contribution in [2.75, 3.05) is 26.9 Å². The predicted molar refractivity (Wildman–Crippen MR) is 74.5 cm³/mol. The summed E-state index contributed by atoms with van der Waals surface area (Å²) in [6.45, 7) is 2.59. The summed E-state index contributed by atoms with van der Waals surface area (Å²) in [5.41, 5.74) is 7.12. The summed E-state index contributed by atoms with van der Waals surface area (Å²) in [5.74, 6) is 2.54. The fraction of sp³-hybridized carbons (Fsp3) is 0.600. The van der Waals surface area contributed by atoms with E-state index < -0.39 is 0 Å². The van der Waals surface area contributed by atoms with Crippen molar-refractivity contribution in [2.24, 2.45) is 11.7 Å². The van der Waals surface area contributed by atoms with Crippen molar-refractivity contribution in [1.29, 1.82) is 0 Å². The van der Waals surface area contributed by atoms with Crippen LogP contribution in [0.5, 0.6) is 11.5 Å². The third-order valence-electron chi connectivity index (χ3n) is 4.06. The monoisotopic (exact) mass is 262 g/mol. The smallest absolute Gasteiger partial charge is 0.231 e. The second kappa shape index (κ2) is 5.39. The van der Waals surface area contributed by atoms with Crippen LogP contribution in [0.2, 0.25) is 0 Å². The first kappa shape index (κ1) is 12.8. The topological polar surface area (TPSA) is 47.7 Å². The highest BCUT2D eigenvalue weighted by molar-refractivity contribution is 5.44. The molecule has 1 saturated carbocycles. The molecule has 0 aromatic heterocycles. The SMILES string of the molecule is CN(CCc1ccc2c(c1)OCO2)CC1CC(N)C1. The van der Waals surface area contributed by atoms with Crippen molar-refractivity contribution in [3.63, 3.8) is 0 Å². The van der Waals surface area contributed by atoms with E-state index in [1.54, 1.807) is 0 Å². The minimum Gasteiger partial charge on any atom is -0.454 e. The van der Waals surface area contributed by atoms with Crippen LogP contribution >= 0.6 is 0 Å². The van der Waals surface area contributed by atoms with Gasteiger partial charge >= 0.3 is 0 Å². The Morgan fingerprint density at radius 2 is 2.05 bits per heavy atom. The molecule has 0 unspecified atom stereocenters. The van der Waals surface area contributed by atoms with Gasteiger partial charge in [0.1, 0.15) is 0 Å². The molecule has 19 heavy (non-hydrogen) atoms. The number of fused-ring (bicyclic) bond motifs is 1. The Hall–Kier alpha value is -1.26. The van der Waals surface area contributed by atoms with E-state index in [4.69, 9.17) is 15.2 Å². The third kappa shape index (κ3) is 3.01. The molecule has 0 spiro atoms. The highest BCUT2D eigenvalue weighted by atomic mass is 16.7. The minimum absolute atomic E-state index is 0.348. The summed E-state index contributed by atoms with van der Waals surface area (Å²) in [6.07, 6.45) is 3.43. The number of benzene rings is 1. The van der Waals surface area contributed by atoms with E-state index in [0.29, 0.717) is 12.8 Å². The van der Waals surface area contributed by atoms with Crippen LogP contribution in [0.4, 0.5) is 0 Å². The number of likely N-dealkylation sites (N-methyl/N-ethyl adjacent to an activating group) is 1. The van der Waals surface area contributed by atoms with Gasteiger partial charge in [-0.1, -0.05) is 6.07 Å². The summed E-state index contributed by atoms with van der Waals surface area (Å²) >= 11 is 0. The molecule has 0 radical (unpaired) electrons. The fourth-order valence-electron chi connectivity index (χ4n) is 2.88. The van der Waals surface area contributed by atoms with Gasteiger partial charge in [0.05, 0.1) is 0 Å². The summed E-state index contributed by atoms with van der Waals surface area (Å²) in [7, 11) is 2.19. The molecular weight excluding hydrogens is 240 g/mol. The fourth-order valence-corrected chi connectivity index (χ4v) is 2.88. The number of nitrogens with two attached hydrogens (primary N) is 1. The molecule has 4 nitrogen and oxygen atoms in total. The van der Waals surface area contributed by atoms with Gasteiger partial charge in [0.2, 0.25) is 6.79 Å². The largest absolute Gasteiger partial charge is 0.454 e. The van der Waals surface area contributed by atoms with Crippen molar-refractivity contribution >= 4 is 0 Å². The van der Waals surface area contributed by atoms with Crippen LogP contribution in [0.15, 0.2) is 18.2 Å². The predicted octanol–water partition coefficient (Wildman–Crippen LogP) is 1.63. The molecule has 3 rings (SSSR count). The van der Waals surface area contributed by atoms with E-state index in [1.165, 1.54) is 18.4 Å². The standard InChI is InChI=1S/C15H22N2O2/c1-17(9-12-6-13(16)7-12)5-4-11-2-3-14-15(8-11)19-10-18-14/h2-3,8,12-13H,4-7,9-10,16H2,1H3. The zero-order valence-electron chi connectivity index (χ0n) is 11.5. The van der Waals surface area contributed by atoms with E-state index in [-0.39, 0.29) is 0 Å². The van der Waals surface area contributed by atoms with E-state index in [1.807, 2.05) is 6.07 Å². The van der Waals surface area contributed by atoms with Gasteiger partial charge in [-0.05, 0) is 49.9 Å². The number of ether oxygens (including phenoxy) is 2. The first-order chi connectivity index (χ1) is 9.20. The van der Waals surface area contributed by atoms with Crippen molar-refractivity contribution in [2.45, 2.75) is 25.3 Å². The molecule has 2 aliphatic rings. The maximum Gasteiger partial charge on any atom is 0.231 e. The van der Waals surface area contributed by atoms with Crippen LogP contribution < -0.4 is 15.2 Å². The van der Waals surface area contributed by atoms with Crippen LogP contribution in [0.1, 0.15) is 18.4 Å². The molecule has 1 aromatic carbocycles. The van der Waals surface area contributed by atoms with Crippen molar-refractivity contribution in [1.82, 2.24) is 4.90 Å². The van der Waals surface area contributed by atoms with Gasteiger partial charge in [-0.15, -0.1) is 0 Å². The maximum absolute atomic E-state index is 5.82. The molecular formula is C15H22N2O2. The van der Waals surface area contributed by atoms with Gasteiger partial charge in [-0.25, -0.2) is 0 Å². The lowest BCUT2D eigenvalue weighted by atomic mass is 9.80. The second-order valence-corrected chi connectivity index (χ2v) is 5.80. The summed E-state index contributed by atoms with van der Waals surface area (Å²) < 4.78 is 10.7. The van der Waals surface area contributed by atoms with E-state index in [9.17, 15) is 0 Å². The molecule has 1 fully saturated rings. The van der Waals surface area contributed by atoms with Crippen molar-refractivity contribution in [3.8, 4) is 11.5 Å². The molecule has 1 aliphatic carbocycles. The Labute approximate surface area is 114 Å². The minimum atomic E-state index is 0.348. The van der Waals surface area contributed by atoms with Crippen LogP contribution in [0.25, 0.3) is 0 Å². The average Bonchev–Trinajstić information content (AvgIpc) is 2.81. The number of hydrogen-bond acceptors (Lipinski definition) is 4. The normalized spacial score (nSPS) is 24.6. The molecule has 4 heteroatoms. The van der Waals surface area contributed by atoms with Gasteiger partial charge in [0, 0.05) is 19.1 Å². The van der Waals surface area contributed by atoms with Crippen molar-refractivity contribution < 1.29 is 9.47 Å². The molecule has 1 heterocycles. The lowest BCUT2D eigenvalue weighted by Gasteiger charge is -2.35. The lowest BCUT2D eigenvalue weighted by Crippen LogP contribution is -2.42. The van der Waals surface area contributed by atoms with Crippen molar-refractivity contribution in [3.05, 3.63) is 23.8 Å². The zero-order chi connectivity index (χ0) is 13.2. The molecule has 104 valence electrons. The lowest BCUT2D eigenvalue weighted by molar-refractivity contribution is 0.174. The van der Waals surface area contributed by atoms with E-state index >= 15 is 0 Å². The molecule has 0 bridgehead atoms. The number of rotatable bonds is 5. The highest BCUT2D eigenvalue weighted by Crippen LogP contribution is 2.32. The quantitative estimate of drug-likeness (QED) is 0.876. The van der Waals surface area contributed by atoms with Gasteiger partial charge in [0.15, 0.2) is 11.5 Å². The Morgan fingerprint density at radius 1 is 1.26 bits per heavy atom. The Morgan fingerprint density at radius 3 is 2.84 bits per heavy atom. The Bertz CT molecular complexity index is 444. The third-order valence-corrected chi connectivity index (χ3v) is 4.06. The summed E-state index contributed by atoms with van der Waals surface area (Å²) in [4.78, 5) is 2.40. The molecule has 0 atom stereocenters. The van der Waals surface area contributed by atoms with Crippen LogP contribution in [-0.2, 0) is 6.42 Å². The number of hydrogen-bond donors (Lipinski definition) is 1. The Kier molecular flexibility index (Phi) is 3.62. The van der Waals surface area contributed by atoms with E-state index in [0.717, 1.165) is 36.9 Å². The molecule has 1 aromatic rings. The Balaban J connectivity index is 1.46. The average molecular weight is 262 g/mol. The van der Waals surface area contributed by atoms with Gasteiger partial charge in [0.25, 0.3) is 0 Å². The van der Waals surface area contributed by atoms with E-state index in [2.05, 4.69) is 24.1 Å². The van der Waals surface area contributed by atoms with Crippen LogP contribution in [0, 0.1) is 5.92 Å². The van der Waals surface area contributed by atoms with Crippen LogP contribution in [-0.4, -0.2) is 37.9 Å². The first-order valence-electron chi connectivity index (χ1n) is 7.03. The highest BCUT2D eigenvalue weighted by Gasteiger charge is 2.26. The zero-order valence-corrected chi connectivity index (χ0v) is 11.5. The molecule has 0 saturated heterocycles. The summed E-state index contributed by atoms with van der Waals surface area (Å²) in [6, 6.07) is 6.67. The van der Waals surface area contributed by atoms with Gasteiger partial charge in [-0.2, -0.15) is 0 Å². The second-order valence-electron chi connectivity index (χ2n) is 5.80. The maximum atomic E-state index is 5.82. The molecule has 1 aliphatic heterocycles. The van der Waals surface area contributed by atoms with Gasteiger partial charge < -0.3 is 20.1 Å². The first-order valence-corrected chi connectivity index (χ1v) is 7.03. The van der Waals surface area contributed by atoms with Gasteiger partial charge in [-0.3, -0.25) is 0 Å². The molecule has 2 N–H and O–H groups in total. The molecule has 0 amide bonds. The summed E-state index contributed by atoms with van der Waals surface area (Å²) in [5, 5.41) is 0. The number of nitrogens with zero attached hydrogens (tertiary/aromatic N) is 1.